The van der Waals surface area contributed by atoms with Gasteiger partial charge in [-0.1, -0.05) is 42.5 Å². The van der Waals surface area contributed by atoms with Crippen molar-refractivity contribution in [3.8, 4) is 0 Å². The highest BCUT2D eigenvalue weighted by atomic mass is 19.1. The number of hydrogen-bond donors (Lipinski definition) is 1. The zero-order valence-electron chi connectivity index (χ0n) is 9.42. The number of rotatable bonds is 3. The third-order valence-corrected chi connectivity index (χ3v) is 2.99. The van der Waals surface area contributed by atoms with Crippen molar-refractivity contribution >= 4 is 17.8 Å². The zero-order valence-corrected chi connectivity index (χ0v) is 9.42. The average Bonchev–Trinajstić information content (AvgIpc) is 2.39. The Labute approximate surface area is 103 Å². The second kappa shape index (κ2) is 4.56. The topological polar surface area (TPSA) is 54.4 Å². The van der Waals surface area contributed by atoms with Crippen LogP contribution in [-0.4, -0.2) is 23.5 Å². The van der Waals surface area contributed by atoms with E-state index in [-0.39, 0.29) is 6.29 Å². The van der Waals surface area contributed by atoms with Crippen molar-refractivity contribution in [1.29, 1.82) is 0 Å². The molecule has 1 aromatic carbocycles. The Kier molecular flexibility index (Phi) is 3.10. The molecule has 0 amide bonds. The molecule has 0 spiro atoms. The molecule has 2 atom stereocenters. The molecule has 0 aliphatic heterocycles. The monoisotopic (exact) mass is 246 g/mol. The van der Waals surface area contributed by atoms with Gasteiger partial charge in [-0.15, -0.1) is 0 Å². The van der Waals surface area contributed by atoms with Crippen LogP contribution in [0.4, 0.5) is 4.39 Å². The van der Waals surface area contributed by atoms with E-state index in [0.717, 1.165) is 17.7 Å². The Bertz CT molecular complexity index is 533. The van der Waals surface area contributed by atoms with Crippen LogP contribution in [0.3, 0.4) is 0 Å². The molecule has 3 nitrogen and oxygen atoms in total. The summed E-state index contributed by atoms with van der Waals surface area (Å²) in [6.45, 7) is 0. The number of alkyl halides is 1. The first-order valence-electron chi connectivity index (χ1n) is 5.40. The van der Waals surface area contributed by atoms with Gasteiger partial charge in [-0.3, -0.25) is 4.79 Å². The highest BCUT2D eigenvalue weighted by Gasteiger charge is 2.45. The van der Waals surface area contributed by atoms with Crippen LogP contribution in [-0.2, 0) is 9.59 Å². The largest absolute Gasteiger partial charge is 0.480 e. The Morgan fingerprint density at radius 1 is 1.33 bits per heavy atom. The molecule has 0 aromatic heterocycles. The van der Waals surface area contributed by atoms with E-state index in [9.17, 15) is 14.0 Å². The third-order valence-electron chi connectivity index (χ3n) is 2.99. The number of carbonyl (C=O) groups excluding carboxylic acids is 1. The number of aldehydes is 1. The van der Waals surface area contributed by atoms with E-state index in [1.54, 1.807) is 24.3 Å². The number of hydrogen-bond acceptors (Lipinski definition) is 2. The molecule has 18 heavy (non-hydrogen) atoms. The molecular weight excluding hydrogens is 235 g/mol. The van der Waals surface area contributed by atoms with Crippen LogP contribution in [0.1, 0.15) is 5.56 Å². The van der Waals surface area contributed by atoms with Gasteiger partial charge in [-0.05, 0) is 17.2 Å². The molecule has 4 heteroatoms. The maximum Gasteiger partial charge on any atom is 0.324 e. The fraction of sp³-hybridized carbons (Fsp3) is 0.143. The van der Waals surface area contributed by atoms with Gasteiger partial charge in [-0.2, -0.15) is 0 Å². The Morgan fingerprint density at radius 3 is 2.50 bits per heavy atom. The van der Waals surface area contributed by atoms with E-state index in [1.165, 1.54) is 6.08 Å². The SMILES string of the molecule is O=CC1(C(=O)O)C=CC(c2ccccc2)=CC1F. The Hall–Kier alpha value is -2.23. The van der Waals surface area contributed by atoms with Gasteiger partial charge in [0, 0.05) is 0 Å². The van der Waals surface area contributed by atoms with Crippen LogP contribution in [0, 0.1) is 5.41 Å². The molecule has 0 saturated carbocycles. The highest BCUT2D eigenvalue weighted by molar-refractivity contribution is 5.98. The molecule has 0 bridgehead atoms. The average molecular weight is 246 g/mol. The maximum atomic E-state index is 14.0. The predicted octanol–water partition coefficient (Wildman–Crippen LogP) is 2.25. The number of carboxylic acids is 1. The summed E-state index contributed by atoms with van der Waals surface area (Å²) in [4.78, 5) is 21.9. The van der Waals surface area contributed by atoms with E-state index < -0.39 is 17.6 Å². The summed E-state index contributed by atoms with van der Waals surface area (Å²) in [5, 5.41) is 8.96. The normalized spacial score (nSPS) is 26.5. The number of halogens is 1. The van der Waals surface area contributed by atoms with Crippen molar-refractivity contribution in [3.05, 3.63) is 54.1 Å². The minimum Gasteiger partial charge on any atom is -0.480 e. The maximum absolute atomic E-state index is 14.0. The summed E-state index contributed by atoms with van der Waals surface area (Å²) in [5.41, 5.74) is -0.749. The van der Waals surface area contributed by atoms with Gasteiger partial charge in [0.15, 0.2) is 5.41 Å². The van der Waals surface area contributed by atoms with Gasteiger partial charge < -0.3 is 9.90 Å². The number of carbonyl (C=O) groups is 2. The van der Waals surface area contributed by atoms with Crippen molar-refractivity contribution in [2.45, 2.75) is 6.17 Å². The van der Waals surface area contributed by atoms with Crippen LogP contribution < -0.4 is 0 Å². The Balaban J connectivity index is 2.39. The van der Waals surface area contributed by atoms with E-state index in [0.29, 0.717) is 5.57 Å². The number of benzene rings is 1. The van der Waals surface area contributed by atoms with E-state index in [1.807, 2.05) is 6.07 Å². The van der Waals surface area contributed by atoms with Crippen LogP contribution in [0.2, 0.25) is 0 Å². The summed E-state index contributed by atoms with van der Waals surface area (Å²) in [6.07, 6.45) is 2.00. The van der Waals surface area contributed by atoms with E-state index >= 15 is 0 Å². The molecule has 92 valence electrons. The van der Waals surface area contributed by atoms with Crippen LogP contribution in [0.25, 0.3) is 5.57 Å². The smallest absolute Gasteiger partial charge is 0.324 e. The fourth-order valence-corrected chi connectivity index (χ4v) is 1.84. The molecule has 2 unspecified atom stereocenters. The lowest BCUT2D eigenvalue weighted by atomic mass is 9.79. The van der Waals surface area contributed by atoms with Crippen LogP contribution in [0.15, 0.2) is 48.6 Å². The van der Waals surface area contributed by atoms with Gasteiger partial charge in [0.2, 0.25) is 0 Å². The minimum absolute atomic E-state index is 0.134. The molecule has 1 aliphatic carbocycles. The van der Waals surface area contributed by atoms with Gasteiger partial charge >= 0.3 is 5.97 Å². The quantitative estimate of drug-likeness (QED) is 0.657. The highest BCUT2D eigenvalue weighted by Crippen LogP contribution is 2.34. The number of allylic oxidation sites excluding steroid dienone is 3. The second-order valence-corrected chi connectivity index (χ2v) is 4.08. The minimum atomic E-state index is -2.10. The summed E-state index contributed by atoms with van der Waals surface area (Å²) in [6, 6.07) is 9.01. The lowest BCUT2D eigenvalue weighted by molar-refractivity contribution is -0.150. The molecule has 1 aromatic rings. The molecule has 1 N–H and O–H groups in total. The molecule has 1 aliphatic rings. The van der Waals surface area contributed by atoms with Crippen LogP contribution in [0.5, 0.6) is 0 Å². The van der Waals surface area contributed by atoms with Gasteiger partial charge in [0.25, 0.3) is 0 Å². The predicted molar refractivity (Wildman–Crippen MR) is 64.6 cm³/mol. The van der Waals surface area contributed by atoms with Crippen LogP contribution >= 0.6 is 0 Å². The molecule has 0 radical (unpaired) electrons. The third kappa shape index (κ3) is 1.86. The first-order valence-corrected chi connectivity index (χ1v) is 5.40. The van der Waals surface area contributed by atoms with Crippen molar-refractivity contribution in [3.63, 3.8) is 0 Å². The summed E-state index contributed by atoms with van der Waals surface area (Å²) < 4.78 is 14.0. The molecule has 0 saturated heterocycles. The molecule has 0 fully saturated rings. The lowest BCUT2D eigenvalue weighted by Gasteiger charge is -2.25. The first-order chi connectivity index (χ1) is 8.60. The number of aliphatic carboxylic acids is 1. The van der Waals surface area contributed by atoms with Gasteiger partial charge in [-0.25, -0.2) is 4.39 Å². The fourth-order valence-electron chi connectivity index (χ4n) is 1.84. The van der Waals surface area contributed by atoms with Crippen molar-refractivity contribution in [1.82, 2.24) is 0 Å². The van der Waals surface area contributed by atoms with Crippen molar-refractivity contribution < 1.29 is 19.1 Å². The molecular formula is C14H11FO3. The zero-order chi connectivity index (χ0) is 13.2. The van der Waals surface area contributed by atoms with Crippen molar-refractivity contribution in [2.75, 3.05) is 0 Å². The molecule has 0 heterocycles. The van der Waals surface area contributed by atoms with E-state index in [2.05, 4.69) is 0 Å². The lowest BCUT2D eigenvalue weighted by Crippen LogP contribution is -2.40. The number of carboxylic acid groups (broad SMARTS) is 1. The Morgan fingerprint density at radius 2 is 2.00 bits per heavy atom. The van der Waals surface area contributed by atoms with Gasteiger partial charge in [0.05, 0.1) is 0 Å². The summed E-state index contributed by atoms with van der Waals surface area (Å²) >= 11 is 0. The summed E-state index contributed by atoms with van der Waals surface area (Å²) in [7, 11) is 0. The van der Waals surface area contributed by atoms with Gasteiger partial charge in [0.1, 0.15) is 12.5 Å². The first kappa shape index (κ1) is 12.2. The standard InChI is InChI=1S/C14H11FO3/c15-12-8-11(10-4-2-1-3-5-10)6-7-14(12,9-16)13(17)18/h1-9,12H,(H,17,18). The van der Waals surface area contributed by atoms with Crippen molar-refractivity contribution in [2.24, 2.45) is 5.41 Å². The summed E-state index contributed by atoms with van der Waals surface area (Å²) in [5.74, 6) is -1.48. The van der Waals surface area contributed by atoms with E-state index in [4.69, 9.17) is 5.11 Å². The molecule has 2 rings (SSSR count). The second-order valence-electron chi connectivity index (χ2n) is 4.08.